The maximum atomic E-state index is 11.5. The third-order valence-corrected chi connectivity index (χ3v) is 4.68. The summed E-state index contributed by atoms with van der Waals surface area (Å²) < 4.78 is 11.0. The van der Waals surface area contributed by atoms with Crippen molar-refractivity contribution in [3.63, 3.8) is 0 Å². The molecule has 0 amide bonds. The second-order valence-corrected chi connectivity index (χ2v) is 6.63. The first-order valence-corrected chi connectivity index (χ1v) is 9.00. The van der Waals surface area contributed by atoms with Crippen LogP contribution in [-0.2, 0) is 11.2 Å². The zero-order chi connectivity index (χ0) is 20.3. The molecule has 0 bridgehead atoms. The molecule has 0 radical (unpaired) electrons. The van der Waals surface area contributed by atoms with Gasteiger partial charge in [-0.2, -0.15) is 0 Å². The minimum Gasteiger partial charge on any atom is -0.477 e. The molecule has 0 saturated heterocycles. The Morgan fingerprint density at radius 2 is 2.07 bits per heavy atom. The van der Waals surface area contributed by atoms with Crippen LogP contribution in [0.2, 0.25) is 0 Å². The predicted octanol–water partition coefficient (Wildman–Crippen LogP) is 4.33. The van der Waals surface area contributed by atoms with Crippen LogP contribution in [-0.4, -0.2) is 26.2 Å². The highest BCUT2D eigenvalue weighted by Gasteiger charge is 2.18. The molecule has 10 heteroatoms. The second kappa shape index (κ2) is 8.09. The Morgan fingerprint density at radius 1 is 1.29 bits per heavy atom. The molecule has 3 aromatic rings. The summed E-state index contributed by atoms with van der Waals surface area (Å²) >= 11 is 0.814. The number of benzene rings is 1. The van der Waals surface area contributed by atoms with E-state index in [2.05, 4.69) is 10.2 Å². The van der Waals surface area contributed by atoms with Crippen LogP contribution in [0.25, 0.3) is 17.4 Å². The summed E-state index contributed by atoms with van der Waals surface area (Å²) in [7, 11) is 0. The van der Waals surface area contributed by atoms with Crippen molar-refractivity contribution in [2.75, 3.05) is 0 Å². The molecule has 0 aliphatic rings. The highest BCUT2D eigenvalue weighted by Crippen LogP contribution is 2.33. The third-order valence-electron chi connectivity index (χ3n) is 3.83. The number of rotatable bonds is 7. The molecule has 0 aliphatic carbocycles. The summed E-state index contributed by atoms with van der Waals surface area (Å²) in [5.74, 6) is -0.0892. The van der Waals surface area contributed by atoms with Gasteiger partial charge < -0.3 is 13.9 Å². The Kier molecular flexibility index (Phi) is 5.59. The molecule has 0 unspecified atom stereocenters. The molecule has 0 saturated carbocycles. The lowest BCUT2D eigenvalue weighted by Gasteiger charge is -2.03. The van der Waals surface area contributed by atoms with Crippen LogP contribution in [0.3, 0.4) is 0 Å². The maximum Gasteiger partial charge on any atom is 0.342 e. The van der Waals surface area contributed by atoms with Gasteiger partial charge in [-0.05, 0) is 30.8 Å². The normalized spacial score (nSPS) is 11.6. The SMILES string of the molecule is CCc1nnc(S/C(=C\c2ccc(-c3cccc([N+](=O)[O-])c3C)o2)C(=O)O)o1. The maximum absolute atomic E-state index is 11.5. The zero-order valence-corrected chi connectivity index (χ0v) is 15.7. The van der Waals surface area contributed by atoms with E-state index in [1.807, 2.05) is 6.92 Å². The molecule has 28 heavy (non-hydrogen) atoms. The van der Waals surface area contributed by atoms with Gasteiger partial charge in [0, 0.05) is 29.7 Å². The van der Waals surface area contributed by atoms with Gasteiger partial charge in [-0.1, -0.05) is 19.1 Å². The first-order valence-electron chi connectivity index (χ1n) is 8.18. The van der Waals surface area contributed by atoms with Crippen LogP contribution >= 0.6 is 11.8 Å². The second-order valence-electron chi connectivity index (χ2n) is 5.64. The number of thioether (sulfide) groups is 1. The minimum atomic E-state index is -1.18. The fraction of sp³-hybridized carbons (Fsp3) is 0.167. The number of aryl methyl sites for hydroxylation is 1. The smallest absolute Gasteiger partial charge is 0.342 e. The lowest BCUT2D eigenvalue weighted by atomic mass is 10.1. The lowest BCUT2D eigenvalue weighted by Crippen LogP contribution is -1.96. The van der Waals surface area contributed by atoms with E-state index in [9.17, 15) is 20.0 Å². The van der Waals surface area contributed by atoms with Gasteiger partial charge >= 0.3 is 5.97 Å². The summed E-state index contributed by atoms with van der Waals surface area (Å²) in [4.78, 5) is 22.1. The van der Waals surface area contributed by atoms with Crippen LogP contribution in [0.4, 0.5) is 5.69 Å². The van der Waals surface area contributed by atoms with E-state index in [-0.39, 0.29) is 21.6 Å². The number of furan rings is 1. The summed E-state index contributed by atoms with van der Waals surface area (Å²) in [5, 5.41) is 28.2. The van der Waals surface area contributed by atoms with Crippen molar-refractivity contribution in [2.45, 2.75) is 25.5 Å². The van der Waals surface area contributed by atoms with Crippen LogP contribution in [0.5, 0.6) is 0 Å². The molecule has 0 fully saturated rings. The summed E-state index contributed by atoms with van der Waals surface area (Å²) in [6.45, 7) is 3.47. The van der Waals surface area contributed by atoms with E-state index in [1.54, 1.807) is 31.2 Å². The van der Waals surface area contributed by atoms with E-state index in [0.29, 0.717) is 29.2 Å². The highest BCUT2D eigenvalue weighted by atomic mass is 32.2. The van der Waals surface area contributed by atoms with Gasteiger partial charge in [0.1, 0.15) is 16.4 Å². The number of nitrogens with zero attached hydrogens (tertiary/aromatic N) is 3. The summed E-state index contributed by atoms with van der Waals surface area (Å²) in [5.41, 5.74) is 1.00. The predicted molar refractivity (Wildman–Crippen MR) is 101 cm³/mol. The molecular formula is C18H15N3O6S. The molecular weight excluding hydrogens is 386 g/mol. The average Bonchev–Trinajstić information content (AvgIpc) is 3.30. The number of carboxylic acids is 1. The number of aliphatic carboxylic acids is 1. The monoisotopic (exact) mass is 401 g/mol. The van der Waals surface area contributed by atoms with E-state index in [4.69, 9.17) is 8.83 Å². The molecule has 0 spiro atoms. The number of hydrogen-bond donors (Lipinski definition) is 1. The Balaban J connectivity index is 1.90. The average molecular weight is 401 g/mol. The van der Waals surface area contributed by atoms with Gasteiger partial charge in [0.05, 0.1) is 4.92 Å². The summed E-state index contributed by atoms with van der Waals surface area (Å²) in [6, 6.07) is 7.90. The molecule has 9 nitrogen and oxygen atoms in total. The fourth-order valence-corrected chi connectivity index (χ4v) is 3.11. The van der Waals surface area contributed by atoms with Gasteiger partial charge in [-0.3, -0.25) is 10.1 Å². The number of carboxylic acid groups (broad SMARTS) is 1. The third kappa shape index (κ3) is 4.12. The van der Waals surface area contributed by atoms with E-state index >= 15 is 0 Å². The van der Waals surface area contributed by atoms with Crippen molar-refractivity contribution >= 4 is 29.5 Å². The first kappa shape index (κ1) is 19.4. The van der Waals surface area contributed by atoms with Crippen molar-refractivity contribution in [1.29, 1.82) is 0 Å². The Hall–Kier alpha value is -3.40. The van der Waals surface area contributed by atoms with Gasteiger partial charge in [-0.15, -0.1) is 10.2 Å². The van der Waals surface area contributed by atoms with Crippen LogP contribution in [0.15, 0.2) is 49.3 Å². The summed E-state index contributed by atoms with van der Waals surface area (Å²) in [6.07, 6.45) is 1.88. The van der Waals surface area contributed by atoms with Crippen LogP contribution < -0.4 is 0 Å². The van der Waals surface area contributed by atoms with Crippen LogP contribution in [0.1, 0.15) is 24.1 Å². The van der Waals surface area contributed by atoms with E-state index in [0.717, 1.165) is 11.8 Å². The van der Waals surface area contributed by atoms with Gasteiger partial charge in [-0.25, -0.2) is 4.79 Å². The van der Waals surface area contributed by atoms with Gasteiger partial charge in [0.2, 0.25) is 5.89 Å². The lowest BCUT2D eigenvalue weighted by molar-refractivity contribution is -0.385. The molecule has 2 heterocycles. The van der Waals surface area contributed by atoms with Gasteiger partial charge in [0.15, 0.2) is 0 Å². The Bertz CT molecular complexity index is 1070. The standard InChI is InChI=1S/C18H15N3O6S/c1-3-16-19-20-18(27-16)28-15(17(22)23)9-11-7-8-14(26-11)12-5-4-6-13(10(12)2)21(24)25/h4-9H,3H2,1-2H3,(H,22,23)/b15-9-. The number of nitro groups is 1. The fourth-order valence-electron chi connectivity index (χ4n) is 2.44. The largest absolute Gasteiger partial charge is 0.477 e. The van der Waals surface area contributed by atoms with E-state index < -0.39 is 10.9 Å². The Labute approximate surface area is 163 Å². The Morgan fingerprint density at radius 3 is 2.71 bits per heavy atom. The highest BCUT2D eigenvalue weighted by molar-refractivity contribution is 8.03. The minimum absolute atomic E-state index is 0.0177. The molecule has 3 rings (SSSR count). The molecule has 0 atom stereocenters. The number of nitro benzene ring substituents is 1. The van der Waals surface area contributed by atoms with Crippen molar-refractivity contribution in [1.82, 2.24) is 10.2 Å². The topological polar surface area (TPSA) is 132 Å². The van der Waals surface area contributed by atoms with Crippen molar-refractivity contribution < 1.29 is 23.7 Å². The van der Waals surface area contributed by atoms with Crippen molar-refractivity contribution in [2.24, 2.45) is 0 Å². The molecule has 0 aliphatic heterocycles. The molecule has 144 valence electrons. The number of carbonyl (C=O) groups is 1. The van der Waals surface area contributed by atoms with Crippen molar-refractivity contribution in [3.05, 3.63) is 62.6 Å². The molecule has 1 N–H and O–H groups in total. The van der Waals surface area contributed by atoms with E-state index in [1.165, 1.54) is 12.1 Å². The molecule has 1 aromatic carbocycles. The first-order chi connectivity index (χ1) is 13.4. The quantitative estimate of drug-likeness (QED) is 0.266. The number of aromatic nitrogens is 2. The van der Waals surface area contributed by atoms with Gasteiger partial charge in [0.25, 0.3) is 10.9 Å². The van der Waals surface area contributed by atoms with Crippen molar-refractivity contribution in [3.8, 4) is 11.3 Å². The molecule has 2 aromatic heterocycles. The zero-order valence-electron chi connectivity index (χ0n) is 14.9. The number of hydrogen-bond acceptors (Lipinski definition) is 8. The van der Waals surface area contributed by atoms with Crippen LogP contribution in [0, 0.1) is 17.0 Å².